The van der Waals surface area contributed by atoms with Gasteiger partial charge in [-0.05, 0) is 33.6 Å². The maximum absolute atomic E-state index is 12.5. The standard InChI is InChI=1S/C18H26N4O2S2/c1-5-6-15-19-13(4)16(26-15)17(23)21-18-20-14(10-25-18)9-22-7-11(2)24-12(3)8-22/h10-12H,5-9H2,1-4H3,(H,20,21,23). The molecule has 0 saturated carbocycles. The Bertz CT molecular complexity index is 748. The van der Waals surface area contributed by atoms with Crippen LogP contribution in [0, 0.1) is 6.92 Å². The normalized spacial score (nSPS) is 21.1. The molecule has 0 aromatic carbocycles. The first-order valence-electron chi connectivity index (χ1n) is 9.04. The van der Waals surface area contributed by atoms with Gasteiger partial charge in [0, 0.05) is 25.0 Å². The molecule has 3 rings (SSSR count). The molecule has 0 bridgehead atoms. The predicted molar refractivity (Wildman–Crippen MR) is 106 cm³/mol. The molecule has 26 heavy (non-hydrogen) atoms. The van der Waals surface area contributed by atoms with Crippen molar-refractivity contribution in [1.29, 1.82) is 0 Å². The lowest BCUT2D eigenvalue weighted by Gasteiger charge is -2.34. The van der Waals surface area contributed by atoms with Gasteiger partial charge in [0.2, 0.25) is 0 Å². The quantitative estimate of drug-likeness (QED) is 0.809. The van der Waals surface area contributed by atoms with Crippen LogP contribution in [-0.2, 0) is 17.7 Å². The zero-order valence-corrected chi connectivity index (χ0v) is 17.4. The van der Waals surface area contributed by atoms with Crippen molar-refractivity contribution >= 4 is 33.7 Å². The molecule has 2 aromatic heterocycles. The zero-order chi connectivity index (χ0) is 18.7. The van der Waals surface area contributed by atoms with E-state index in [0.717, 1.165) is 48.9 Å². The summed E-state index contributed by atoms with van der Waals surface area (Å²) in [5.74, 6) is -0.114. The summed E-state index contributed by atoms with van der Waals surface area (Å²) in [4.78, 5) is 24.6. The van der Waals surface area contributed by atoms with Crippen LogP contribution in [0.1, 0.15) is 53.3 Å². The van der Waals surface area contributed by atoms with Gasteiger partial charge in [0.25, 0.3) is 5.91 Å². The largest absolute Gasteiger partial charge is 0.373 e. The van der Waals surface area contributed by atoms with Gasteiger partial charge >= 0.3 is 0 Å². The van der Waals surface area contributed by atoms with E-state index < -0.39 is 0 Å². The minimum Gasteiger partial charge on any atom is -0.373 e. The van der Waals surface area contributed by atoms with Crippen molar-refractivity contribution in [2.45, 2.75) is 59.3 Å². The molecule has 8 heteroatoms. The molecule has 1 fully saturated rings. The number of nitrogens with one attached hydrogen (secondary N) is 1. The van der Waals surface area contributed by atoms with Crippen molar-refractivity contribution in [2.24, 2.45) is 0 Å². The van der Waals surface area contributed by atoms with E-state index in [1.807, 2.05) is 12.3 Å². The van der Waals surface area contributed by atoms with Gasteiger partial charge in [-0.15, -0.1) is 22.7 Å². The molecule has 2 atom stereocenters. The fourth-order valence-electron chi connectivity index (χ4n) is 3.22. The number of amides is 1. The Labute approximate surface area is 162 Å². The Morgan fingerprint density at radius 2 is 2.08 bits per heavy atom. The highest BCUT2D eigenvalue weighted by molar-refractivity contribution is 7.15. The van der Waals surface area contributed by atoms with Crippen molar-refractivity contribution in [3.63, 3.8) is 0 Å². The van der Waals surface area contributed by atoms with E-state index in [2.05, 4.69) is 41.0 Å². The average molecular weight is 395 g/mol. The van der Waals surface area contributed by atoms with Crippen LogP contribution >= 0.6 is 22.7 Å². The van der Waals surface area contributed by atoms with Crippen LogP contribution in [0.4, 0.5) is 5.13 Å². The Morgan fingerprint density at radius 3 is 2.77 bits per heavy atom. The van der Waals surface area contributed by atoms with E-state index >= 15 is 0 Å². The maximum atomic E-state index is 12.5. The molecule has 3 heterocycles. The number of hydrogen-bond donors (Lipinski definition) is 1. The first-order valence-corrected chi connectivity index (χ1v) is 10.7. The number of nitrogens with zero attached hydrogens (tertiary/aromatic N) is 3. The smallest absolute Gasteiger partial charge is 0.269 e. The minimum atomic E-state index is -0.114. The van der Waals surface area contributed by atoms with Crippen LogP contribution in [0.2, 0.25) is 0 Å². The number of morpholine rings is 1. The number of rotatable bonds is 6. The van der Waals surface area contributed by atoms with Crippen LogP contribution in [0.25, 0.3) is 0 Å². The number of carbonyl (C=O) groups excluding carboxylic acids is 1. The summed E-state index contributed by atoms with van der Waals surface area (Å²) in [6, 6.07) is 0. The Balaban J connectivity index is 1.60. The van der Waals surface area contributed by atoms with Crippen molar-refractivity contribution in [3.8, 4) is 0 Å². The summed E-state index contributed by atoms with van der Waals surface area (Å²) in [7, 11) is 0. The highest BCUT2D eigenvalue weighted by Crippen LogP contribution is 2.23. The molecule has 2 unspecified atom stereocenters. The van der Waals surface area contributed by atoms with E-state index in [-0.39, 0.29) is 18.1 Å². The Hall–Kier alpha value is -1.35. The lowest BCUT2D eigenvalue weighted by molar-refractivity contribution is -0.0707. The highest BCUT2D eigenvalue weighted by Gasteiger charge is 2.23. The van der Waals surface area contributed by atoms with Gasteiger partial charge in [-0.2, -0.15) is 0 Å². The topological polar surface area (TPSA) is 67.4 Å². The van der Waals surface area contributed by atoms with Crippen LogP contribution < -0.4 is 5.32 Å². The van der Waals surface area contributed by atoms with E-state index in [0.29, 0.717) is 10.0 Å². The first-order chi connectivity index (χ1) is 12.4. The third-order valence-corrected chi connectivity index (χ3v) is 6.19. The van der Waals surface area contributed by atoms with Crippen molar-refractivity contribution in [3.05, 3.63) is 26.7 Å². The monoisotopic (exact) mass is 394 g/mol. The lowest BCUT2D eigenvalue weighted by atomic mass is 10.2. The SMILES string of the molecule is CCCc1nc(C)c(C(=O)Nc2nc(CN3CC(C)OC(C)C3)cs2)s1. The summed E-state index contributed by atoms with van der Waals surface area (Å²) in [6.45, 7) is 10.8. The number of ether oxygens (including phenoxy) is 1. The second-order valence-electron chi connectivity index (χ2n) is 6.82. The summed E-state index contributed by atoms with van der Waals surface area (Å²) < 4.78 is 5.77. The second kappa shape index (κ2) is 8.56. The summed E-state index contributed by atoms with van der Waals surface area (Å²) in [5.41, 5.74) is 1.78. The number of anilines is 1. The molecule has 2 aromatic rings. The average Bonchev–Trinajstić information content (AvgIpc) is 3.13. The molecular weight excluding hydrogens is 368 g/mol. The third kappa shape index (κ3) is 4.88. The molecule has 0 aliphatic carbocycles. The van der Waals surface area contributed by atoms with Crippen LogP contribution in [-0.4, -0.2) is 46.1 Å². The van der Waals surface area contributed by atoms with E-state index in [1.165, 1.54) is 22.7 Å². The summed E-state index contributed by atoms with van der Waals surface area (Å²) >= 11 is 2.95. The number of carbonyl (C=O) groups is 1. The van der Waals surface area contributed by atoms with E-state index in [1.54, 1.807) is 0 Å². The van der Waals surface area contributed by atoms with Gasteiger partial charge in [-0.25, -0.2) is 9.97 Å². The van der Waals surface area contributed by atoms with Gasteiger partial charge in [-0.1, -0.05) is 6.92 Å². The zero-order valence-electron chi connectivity index (χ0n) is 15.7. The van der Waals surface area contributed by atoms with Crippen LogP contribution in [0.3, 0.4) is 0 Å². The first kappa shape index (κ1) is 19.4. The van der Waals surface area contributed by atoms with Gasteiger partial charge in [-0.3, -0.25) is 15.0 Å². The Kier molecular flexibility index (Phi) is 6.39. The molecule has 1 aliphatic heterocycles. The van der Waals surface area contributed by atoms with Gasteiger partial charge < -0.3 is 4.74 Å². The van der Waals surface area contributed by atoms with Crippen molar-refractivity contribution < 1.29 is 9.53 Å². The fourth-order valence-corrected chi connectivity index (χ4v) is 4.98. The lowest BCUT2D eigenvalue weighted by Crippen LogP contribution is -2.44. The molecule has 1 aliphatic rings. The fraction of sp³-hybridized carbons (Fsp3) is 0.611. The van der Waals surface area contributed by atoms with Crippen molar-refractivity contribution in [1.82, 2.24) is 14.9 Å². The van der Waals surface area contributed by atoms with Crippen LogP contribution in [0.5, 0.6) is 0 Å². The van der Waals surface area contributed by atoms with Gasteiger partial charge in [0.15, 0.2) is 5.13 Å². The highest BCUT2D eigenvalue weighted by atomic mass is 32.1. The number of aromatic nitrogens is 2. The number of aryl methyl sites for hydroxylation is 2. The van der Waals surface area contributed by atoms with E-state index in [9.17, 15) is 4.79 Å². The molecule has 1 saturated heterocycles. The molecule has 0 radical (unpaired) electrons. The maximum Gasteiger partial charge on any atom is 0.269 e. The summed E-state index contributed by atoms with van der Waals surface area (Å²) in [5, 5.41) is 6.60. The van der Waals surface area contributed by atoms with Crippen LogP contribution in [0.15, 0.2) is 5.38 Å². The molecule has 0 spiro atoms. The van der Waals surface area contributed by atoms with E-state index in [4.69, 9.17) is 4.74 Å². The number of hydrogen-bond acceptors (Lipinski definition) is 7. The minimum absolute atomic E-state index is 0.114. The number of thiazole rings is 2. The third-order valence-electron chi connectivity index (χ3n) is 4.16. The predicted octanol–water partition coefficient (Wildman–Crippen LogP) is 3.72. The van der Waals surface area contributed by atoms with Crippen molar-refractivity contribution in [2.75, 3.05) is 18.4 Å². The Morgan fingerprint density at radius 1 is 1.35 bits per heavy atom. The molecule has 1 N–H and O–H groups in total. The molecular formula is C18H26N4O2S2. The summed E-state index contributed by atoms with van der Waals surface area (Å²) in [6.07, 6.45) is 2.42. The molecule has 1 amide bonds. The second-order valence-corrected chi connectivity index (χ2v) is 8.76. The van der Waals surface area contributed by atoms with Gasteiger partial charge in [0.1, 0.15) is 4.88 Å². The molecule has 6 nitrogen and oxygen atoms in total. The molecule has 142 valence electrons. The van der Waals surface area contributed by atoms with Gasteiger partial charge in [0.05, 0.1) is 28.6 Å².